The van der Waals surface area contributed by atoms with E-state index in [2.05, 4.69) is 0 Å². The van der Waals surface area contributed by atoms with E-state index in [1.165, 1.54) is 0 Å². The summed E-state index contributed by atoms with van der Waals surface area (Å²) in [4.78, 5) is 11.4. The van der Waals surface area contributed by atoms with Crippen LogP contribution >= 0.6 is 0 Å². The smallest absolute Gasteiger partial charge is 0.136 e. The Balaban J connectivity index is 2.24. The molecule has 0 amide bonds. The van der Waals surface area contributed by atoms with E-state index < -0.39 is 5.60 Å². The van der Waals surface area contributed by atoms with Crippen molar-refractivity contribution in [1.29, 1.82) is 0 Å². The van der Waals surface area contributed by atoms with E-state index in [0.29, 0.717) is 18.1 Å². The molecule has 12 heavy (non-hydrogen) atoms. The van der Waals surface area contributed by atoms with Crippen molar-refractivity contribution in [1.82, 2.24) is 0 Å². The number of hydrogen-bond acceptors (Lipinski definition) is 2. The maximum Gasteiger partial charge on any atom is 0.136 e. The Kier molecular flexibility index (Phi) is 1.59. The fraction of sp³-hybridized carbons (Fsp3) is 0.900. The summed E-state index contributed by atoms with van der Waals surface area (Å²) < 4.78 is 0. The molecule has 0 aromatic rings. The second kappa shape index (κ2) is 2.32. The van der Waals surface area contributed by atoms with Crippen LogP contribution in [0.25, 0.3) is 0 Å². The van der Waals surface area contributed by atoms with Gasteiger partial charge in [0.15, 0.2) is 0 Å². The summed E-state index contributed by atoms with van der Waals surface area (Å²) in [6, 6.07) is 0. The van der Waals surface area contributed by atoms with Gasteiger partial charge >= 0.3 is 0 Å². The molecule has 2 nitrogen and oxygen atoms in total. The van der Waals surface area contributed by atoms with E-state index >= 15 is 0 Å². The molecule has 2 heteroatoms. The molecule has 2 aliphatic rings. The highest BCUT2D eigenvalue weighted by Gasteiger charge is 2.49. The molecule has 2 fully saturated rings. The van der Waals surface area contributed by atoms with Crippen LogP contribution in [0, 0.1) is 17.8 Å². The molecule has 0 spiro atoms. The van der Waals surface area contributed by atoms with Gasteiger partial charge in [0, 0.05) is 12.3 Å². The first-order valence-electron chi connectivity index (χ1n) is 4.76. The normalized spacial score (nSPS) is 52.9. The van der Waals surface area contributed by atoms with Crippen molar-refractivity contribution in [3.05, 3.63) is 0 Å². The SMILES string of the molecule is C[C@H]1C(=O)C[C@@H]2C[C@H]1C[C@]2(C)O. The van der Waals surface area contributed by atoms with Crippen molar-refractivity contribution >= 4 is 5.78 Å². The topological polar surface area (TPSA) is 37.3 Å². The molecular weight excluding hydrogens is 152 g/mol. The van der Waals surface area contributed by atoms with E-state index in [1.54, 1.807) is 0 Å². The highest BCUT2D eigenvalue weighted by Crippen LogP contribution is 2.49. The van der Waals surface area contributed by atoms with Gasteiger partial charge in [-0.15, -0.1) is 0 Å². The molecule has 1 N–H and O–H groups in total. The molecule has 0 unspecified atom stereocenters. The quantitative estimate of drug-likeness (QED) is 0.593. The van der Waals surface area contributed by atoms with Crippen LogP contribution in [0.3, 0.4) is 0 Å². The lowest BCUT2D eigenvalue weighted by Gasteiger charge is -2.26. The summed E-state index contributed by atoms with van der Waals surface area (Å²) in [5, 5.41) is 9.95. The standard InChI is InChI=1S/C10H16O2/c1-6-7-3-8(4-9(6)11)10(2,12)5-7/h6-8,12H,3-5H2,1-2H3/t6-,7+,8+,10+/m1/s1. The molecule has 4 atom stereocenters. The molecule has 2 rings (SSSR count). The second-order valence-corrected chi connectivity index (χ2v) is 4.71. The third kappa shape index (κ3) is 1.01. The number of rotatable bonds is 0. The molecule has 2 aliphatic carbocycles. The minimum atomic E-state index is -0.564. The van der Waals surface area contributed by atoms with Gasteiger partial charge in [-0.25, -0.2) is 0 Å². The van der Waals surface area contributed by atoms with Gasteiger partial charge in [-0.05, 0) is 31.6 Å². The highest BCUT2D eigenvalue weighted by molar-refractivity contribution is 5.82. The summed E-state index contributed by atoms with van der Waals surface area (Å²) in [7, 11) is 0. The predicted molar refractivity (Wildman–Crippen MR) is 45.6 cm³/mol. The molecule has 0 aliphatic heterocycles. The number of carbonyl (C=O) groups is 1. The zero-order valence-electron chi connectivity index (χ0n) is 7.71. The predicted octanol–water partition coefficient (Wildman–Crippen LogP) is 1.37. The third-order valence-electron chi connectivity index (χ3n) is 3.80. The van der Waals surface area contributed by atoms with Gasteiger partial charge in [0.25, 0.3) is 0 Å². The summed E-state index contributed by atoms with van der Waals surface area (Å²) in [6.07, 6.45) is 2.48. The summed E-state index contributed by atoms with van der Waals surface area (Å²) in [5.74, 6) is 1.24. The van der Waals surface area contributed by atoms with Crippen molar-refractivity contribution in [2.45, 2.75) is 38.7 Å². The Morgan fingerprint density at radius 3 is 2.92 bits per heavy atom. The first kappa shape index (κ1) is 8.24. The number of carbonyl (C=O) groups excluding carboxylic acids is 1. The van der Waals surface area contributed by atoms with Crippen molar-refractivity contribution < 1.29 is 9.90 Å². The largest absolute Gasteiger partial charge is 0.390 e. The zero-order chi connectivity index (χ0) is 8.93. The van der Waals surface area contributed by atoms with Gasteiger partial charge in [0.2, 0.25) is 0 Å². The Morgan fingerprint density at radius 2 is 2.25 bits per heavy atom. The van der Waals surface area contributed by atoms with Crippen molar-refractivity contribution in [3.8, 4) is 0 Å². The lowest BCUT2D eigenvalue weighted by molar-refractivity contribution is -0.127. The fourth-order valence-corrected chi connectivity index (χ4v) is 2.78. The number of hydrogen-bond donors (Lipinski definition) is 1. The Labute approximate surface area is 73.0 Å². The average Bonchev–Trinajstić information content (AvgIpc) is 2.21. The van der Waals surface area contributed by atoms with E-state index in [0.717, 1.165) is 12.8 Å². The van der Waals surface area contributed by atoms with Gasteiger partial charge in [-0.1, -0.05) is 6.92 Å². The molecule has 2 saturated carbocycles. The van der Waals surface area contributed by atoms with E-state index in [1.807, 2.05) is 13.8 Å². The van der Waals surface area contributed by atoms with Crippen LogP contribution in [0.5, 0.6) is 0 Å². The fourth-order valence-electron chi connectivity index (χ4n) is 2.78. The zero-order valence-corrected chi connectivity index (χ0v) is 7.71. The van der Waals surface area contributed by atoms with Crippen LogP contribution in [0.2, 0.25) is 0 Å². The van der Waals surface area contributed by atoms with Gasteiger partial charge in [-0.3, -0.25) is 4.79 Å². The molecule has 68 valence electrons. The van der Waals surface area contributed by atoms with Crippen LogP contribution in [-0.4, -0.2) is 16.5 Å². The van der Waals surface area contributed by atoms with Crippen LogP contribution < -0.4 is 0 Å². The van der Waals surface area contributed by atoms with Gasteiger partial charge in [-0.2, -0.15) is 0 Å². The minimum Gasteiger partial charge on any atom is -0.390 e. The van der Waals surface area contributed by atoms with Crippen LogP contribution in [-0.2, 0) is 4.79 Å². The van der Waals surface area contributed by atoms with Crippen LogP contribution in [0.15, 0.2) is 0 Å². The van der Waals surface area contributed by atoms with Crippen molar-refractivity contribution in [2.24, 2.45) is 17.8 Å². The number of ketones is 1. The van der Waals surface area contributed by atoms with Crippen molar-refractivity contribution in [3.63, 3.8) is 0 Å². The minimum absolute atomic E-state index is 0.190. The first-order valence-corrected chi connectivity index (χ1v) is 4.76. The molecule has 0 radical (unpaired) electrons. The molecule has 0 aromatic carbocycles. The molecule has 0 aromatic heterocycles. The Morgan fingerprint density at radius 1 is 1.58 bits per heavy atom. The van der Waals surface area contributed by atoms with Crippen LogP contribution in [0.1, 0.15) is 33.1 Å². The molecule has 0 heterocycles. The number of Topliss-reactive ketones (excluding diaryl/α,β-unsaturated/α-hetero) is 1. The van der Waals surface area contributed by atoms with Gasteiger partial charge < -0.3 is 5.11 Å². The second-order valence-electron chi connectivity index (χ2n) is 4.71. The number of fused-ring (bicyclic) bond motifs is 2. The van der Waals surface area contributed by atoms with Gasteiger partial charge in [0.05, 0.1) is 5.60 Å². The Hall–Kier alpha value is -0.370. The van der Waals surface area contributed by atoms with Crippen molar-refractivity contribution in [2.75, 3.05) is 0 Å². The summed E-state index contributed by atoms with van der Waals surface area (Å²) >= 11 is 0. The van der Waals surface area contributed by atoms with Crippen LogP contribution in [0.4, 0.5) is 0 Å². The first-order chi connectivity index (χ1) is 5.50. The van der Waals surface area contributed by atoms with E-state index in [9.17, 15) is 9.90 Å². The maximum absolute atomic E-state index is 11.4. The summed E-state index contributed by atoms with van der Waals surface area (Å²) in [5.41, 5.74) is -0.564. The molecular formula is C10H16O2. The lowest BCUT2D eigenvalue weighted by Crippen LogP contribution is -2.31. The van der Waals surface area contributed by atoms with E-state index in [-0.39, 0.29) is 11.8 Å². The van der Waals surface area contributed by atoms with Gasteiger partial charge in [0.1, 0.15) is 5.78 Å². The monoisotopic (exact) mass is 168 g/mol. The third-order valence-corrected chi connectivity index (χ3v) is 3.80. The lowest BCUT2D eigenvalue weighted by atomic mass is 9.79. The maximum atomic E-state index is 11.4. The highest BCUT2D eigenvalue weighted by atomic mass is 16.3. The summed E-state index contributed by atoms with van der Waals surface area (Å²) in [6.45, 7) is 3.88. The number of aliphatic hydroxyl groups is 1. The molecule has 2 bridgehead atoms. The molecule has 0 saturated heterocycles. The Bertz CT molecular complexity index is 220. The average molecular weight is 168 g/mol. The van der Waals surface area contributed by atoms with E-state index in [4.69, 9.17) is 0 Å².